The molecule has 0 aromatic heterocycles. The van der Waals surface area contributed by atoms with E-state index < -0.39 is 30.0 Å². The van der Waals surface area contributed by atoms with Gasteiger partial charge in [0.05, 0.1) is 11.5 Å². The molecule has 4 fully saturated rings. The Hall–Kier alpha value is -0.830. The first kappa shape index (κ1) is 19.2. The lowest BCUT2D eigenvalue weighted by Gasteiger charge is -2.34. The van der Waals surface area contributed by atoms with Crippen LogP contribution in [0.15, 0.2) is 18.2 Å². The van der Waals surface area contributed by atoms with Crippen LogP contribution in [-0.2, 0) is 0 Å². The highest BCUT2D eigenvalue weighted by Gasteiger charge is 2.58. The molecule has 28 heavy (non-hydrogen) atoms. The molecule has 4 aliphatic rings. The minimum Gasteiger partial charge on any atom is -0.304 e. The summed E-state index contributed by atoms with van der Waals surface area (Å²) in [4.78, 5) is 2.39. The van der Waals surface area contributed by atoms with Crippen molar-refractivity contribution in [1.82, 2.24) is 15.5 Å². The monoisotopic (exact) mass is 415 g/mol. The zero-order valence-corrected chi connectivity index (χ0v) is 16.4. The van der Waals surface area contributed by atoms with E-state index in [0.29, 0.717) is 12.8 Å². The van der Waals surface area contributed by atoms with Crippen LogP contribution in [0.2, 0.25) is 0 Å². The minimum atomic E-state index is -2.33. The molecule has 0 spiro atoms. The van der Waals surface area contributed by atoms with Gasteiger partial charge in [0.15, 0.2) is 0 Å². The Labute approximate surface area is 166 Å². The van der Waals surface area contributed by atoms with Crippen LogP contribution in [0.3, 0.4) is 0 Å². The maximum absolute atomic E-state index is 14.8. The highest BCUT2D eigenvalue weighted by Crippen LogP contribution is 2.59. The lowest BCUT2D eigenvalue weighted by molar-refractivity contribution is 0.0727. The first-order chi connectivity index (χ1) is 13.5. The van der Waals surface area contributed by atoms with Crippen molar-refractivity contribution in [2.45, 2.75) is 55.1 Å². The predicted octanol–water partition coefficient (Wildman–Crippen LogP) is 3.58. The lowest BCUT2D eigenvalue weighted by atomic mass is 9.80. The van der Waals surface area contributed by atoms with E-state index in [9.17, 15) is 17.6 Å². The summed E-state index contributed by atoms with van der Waals surface area (Å²) in [5.74, 6) is -1.79. The van der Waals surface area contributed by atoms with E-state index in [4.69, 9.17) is 0 Å². The molecule has 154 valence electrons. The molecule has 0 amide bonds. The number of thioether (sulfide) groups is 1. The second-order valence-electron chi connectivity index (χ2n) is 8.58. The van der Waals surface area contributed by atoms with Gasteiger partial charge in [-0.2, -0.15) is 0 Å². The predicted molar refractivity (Wildman–Crippen MR) is 101 cm³/mol. The van der Waals surface area contributed by atoms with E-state index in [1.165, 1.54) is 18.2 Å². The van der Waals surface area contributed by atoms with Crippen molar-refractivity contribution in [1.29, 1.82) is 0 Å². The standard InChI is InChI=1S/C20H25F4N3S/c1-9-19-25-5-6-27(19)20-15(11-7-10(18(23)24)8-14(11)28-20)17(26-9)16-12(21)3-2-4-13(16)22/h2-4,9-11,14-15,17-20,25-26H,5-8H2,1H3/t9-,10-,11?,14?,15?,17?,19?,20?/m0/s1. The molecule has 2 N–H and O–H groups in total. The Bertz CT molecular complexity index is 730. The molecule has 3 nitrogen and oxygen atoms in total. The van der Waals surface area contributed by atoms with E-state index in [1.807, 2.05) is 6.92 Å². The van der Waals surface area contributed by atoms with Crippen molar-refractivity contribution in [3.63, 3.8) is 0 Å². The number of alkyl halides is 2. The van der Waals surface area contributed by atoms with E-state index >= 15 is 0 Å². The molecule has 8 heteroatoms. The Morgan fingerprint density at radius 1 is 1.18 bits per heavy atom. The molecular formula is C20H25F4N3S. The molecule has 1 aromatic carbocycles. The average molecular weight is 416 g/mol. The molecule has 5 rings (SSSR count). The Balaban J connectivity index is 1.57. The second-order valence-corrected chi connectivity index (χ2v) is 9.94. The topological polar surface area (TPSA) is 27.3 Å². The summed E-state index contributed by atoms with van der Waals surface area (Å²) in [7, 11) is 0. The number of nitrogens with zero attached hydrogens (tertiary/aromatic N) is 1. The van der Waals surface area contributed by atoms with Crippen LogP contribution in [0.5, 0.6) is 0 Å². The number of hydrogen-bond donors (Lipinski definition) is 2. The van der Waals surface area contributed by atoms with Crippen molar-refractivity contribution in [3.8, 4) is 0 Å². The van der Waals surface area contributed by atoms with Gasteiger partial charge < -0.3 is 5.32 Å². The molecule has 6 unspecified atom stereocenters. The number of hydrogen-bond acceptors (Lipinski definition) is 4. The molecule has 8 atom stereocenters. The van der Waals surface area contributed by atoms with Crippen molar-refractivity contribution >= 4 is 11.8 Å². The quantitative estimate of drug-likeness (QED) is 0.722. The van der Waals surface area contributed by atoms with Crippen molar-refractivity contribution in [2.75, 3.05) is 13.1 Å². The number of benzene rings is 1. The van der Waals surface area contributed by atoms with Crippen LogP contribution in [-0.4, -0.2) is 47.2 Å². The summed E-state index contributed by atoms with van der Waals surface area (Å²) in [5, 5.41) is 7.20. The Morgan fingerprint density at radius 2 is 1.93 bits per heavy atom. The maximum Gasteiger partial charge on any atom is 0.241 e. The van der Waals surface area contributed by atoms with Crippen LogP contribution in [0.1, 0.15) is 31.4 Å². The molecule has 0 radical (unpaired) electrons. The first-order valence-electron chi connectivity index (χ1n) is 10.1. The normalized spacial score (nSPS) is 43.1. The number of fused-ring (bicyclic) bond motifs is 5. The molecule has 1 aliphatic carbocycles. The van der Waals surface area contributed by atoms with Gasteiger partial charge in [0.2, 0.25) is 6.43 Å². The third-order valence-electron chi connectivity index (χ3n) is 7.10. The van der Waals surface area contributed by atoms with Gasteiger partial charge in [0.1, 0.15) is 11.6 Å². The van der Waals surface area contributed by atoms with E-state index in [-0.39, 0.29) is 40.2 Å². The van der Waals surface area contributed by atoms with Gasteiger partial charge in [0, 0.05) is 47.8 Å². The van der Waals surface area contributed by atoms with Crippen LogP contribution >= 0.6 is 11.8 Å². The van der Waals surface area contributed by atoms with Gasteiger partial charge in [-0.15, -0.1) is 11.8 Å². The smallest absolute Gasteiger partial charge is 0.241 e. The summed E-state index contributed by atoms with van der Waals surface area (Å²) < 4.78 is 56.3. The molecule has 3 saturated heterocycles. The number of rotatable bonds is 2. The largest absolute Gasteiger partial charge is 0.304 e. The van der Waals surface area contributed by atoms with E-state index in [0.717, 1.165) is 13.1 Å². The van der Waals surface area contributed by atoms with Gasteiger partial charge in [-0.25, -0.2) is 17.6 Å². The van der Waals surface area contributed by atoms with E-state index in [2.05, 4.69) is 15.5 Å². The van der Waals surface area contributed by atoms with Crippen molar-refractivity contribution in [3.05, 3.63) is 35.4 Å². The highest BCUT2D eigenvalue weighted by molar-refractivity contribution is 8.00. The Morgan fingerprint density at radius 3 is 2.64 bits per heavy atom. The van der Waals surface area contributed by atoms with Gasteiger partial charge in [-0.05, 0) is 37.8 Å². The van der Waals surface area contributed by atoms with Crippen molar-refractivity contribution < 1.29 is 17.6 Å². The summed E-state index contributed by atoms with van der Waals surface area (Å²) >= 11 is 1.76. The molecular weight excluding hydrogens is 390 g/mol. The van der Waals surface area contributed by atoms with Crippen molar-refractivity contribution in [2.24, 2.45) is 17.8 Å². The third-order valence-corrected chi connectivity index (χ3v) is 8.86. The summed E-state index contributed by atoms with van der Waals surface area (Å²) in [6.07, 6.45) is -1.31. The fraction of sp³-hybridized carbons (Fsp3) is 0.700. The zero-order chi connectivity index (χ0) is 19.6. The SMILES string of the molecule is C[C@@H]1NC(c2c(F)cccc2F)C2C3C[C@H](C(F)F)CC3SC2N2CCNC12. The summed E-state index contributed by atoms with van der Waals surface area (Å²) in [5.41, 5.74) is 0.0623. The van der Waals surface area contributed by atoms with Gasteiger partial charge >= 0.3 is 0 Å². The fourth-order valence-electron chi connectivity index (χ4n) is 5.95. The lowest BCUT2D eigenvalue weighted by Crippen LogP contribution is -2.50. The van der Waals surface area contributed by atoms with Crippen LogP contribution in [0.25, 0.3) is 0 Å². The summed E-state index contributed by atoms with van der Waals surface area (Å²) in [6.45, 7) is 3.77. The van der Waals surface area contributed by atoms with Gasteiger partial charge in [-0.3, -0.25) is 10.2 Å². The van der Waals surface area contributed by atoms with Gasteiger partial charge in [-0.1, -0.05) is 6.07 Å². The number of halogens is 4. The average Bonchev–Trinajstić information content (AvgIpc) is 3.32. The van der Waals surface area contributed by atoms with Crippen LogP contribution < -0.4 is 10.6 Å². The van der Waals surface area contributed by atoms with Crippen LogP contribution in [0.4, 0.5) is 17.6 Å². The molecule has 1 saturated carbocycles. The molecule has 3 heterocycles. The van der Waals surface area contributed by atoms with Crippen LogP contribution in [0, 0.1) is 29.4 Å². The summed E-state index contributed by atoms with van der Waals surface area (Å²) in [6, 6.07) is 3.43. The zero-order valence-electron chi connectivity index (χ0n) is 15.6. The Kier molecular flexibility index (Phi) is 4.89. The molecule has 1 aromatic rings. The minimum absolute atomic E-state index is 0.0107. The van der Waals surface area contributed by atoms with E-state index in [1.54, 1.807) is 11.8 Å². The van der Waals surface area contributed by atoms with Gasteiger partial charge in [0.25, 0.3) is 0 Å². The second kappa shape index (κ2) is 7.15. The molecule has 0 bridgehead atoms. The number of nitrogens with one attached hydrogen (secondary N) is 2. The molecule has 3 aliphatic heterocycles. The first-order valence-corrected chi connectivity index (χ1v) is 11.0. The maximum atomic E-state index is 14.8. The highest BCUT2D eigenvalue weighted by atomic mass is 32.2. The fourth-order valence-corrected chi connectivity index (χ4v) is 8.09. The third kappa shape index (κ3) is 2.90.